The summed E-state index contributed by atoms with van der Waals surface area (Å²) in [5, 5.41) is 26.5. The van der Waals surface area contributed by atoms with Crippen LogP contribution in [0.4, 0.5) is 21.9 Å². The Bertz CT molecular complexity index is 1240. The fraction of sp³-hybridized carbons (Fsp3) is 0. The number of nitrogens with one attached hydrogen (secondary N) is 2. The molecule has 0 fully saturated rings. The number of benzene rings is 2. The zero-order valence-electron chi connectivity index (χ0n) is 16.0. The Morgan fingerprint density at radius 1 is 1.03 bits per heavy atom. The van der Waals surface area contributed by atoms with Crippen molar-refractivity contribution in [1.29, 1.82) is 0 Å². The lowest BCUT2D eigenvalue weighted by Crippen LogP contribution is -2.35. The van der Waals surface area contributed by atoms with Crippen LogP contribution in [-0.2, 0) is 0 Å². The number of urea groups is 1. The number of anilines is 1. The molecular formula is C18H10BrClN6O7. The highest BCUT2D eigenvalue weighted by atomic mass is 79.9. The first-order chi connectivity index (χ1) is 15.7. The van der Waals surface area contributed by atoms with E-state index in [9.17, 15) is 29.8 Å². The van der Waals surface area contributed by atoms with Gasteiger partial charge in [0.15, 0.2) is 5.56 Å². The Hall–Kier alpha value is -4.17. The van der Waals surface area contributed by atoms with Crippen LogP contribution in [-0.4, -0.2) is 31.8 Å². The van der Waals surface area contributed by atoms with Crippen LogP contribution >= 0.6 is 27.5 Å². The monoisotopic (exact) mass is 536 g/mol. The van der Waals surface area contributed by atoms with Crippen LogP contribution < -0.4 is 15.4 Å². The largest absolute Gasteiger partial charge is 0.423 e. The van der Waals surface area contributed by atoms with Gasteiger partial charge in [0.2, 0.25) is 0 Å². The van der Waals surface area contributed by atoms with Gasteiger partial charge in [-0.1, -0.05) is 11.6 Å². The molecule has 0 saturated carbocycles. The lowest BCUT2D eigenvalue weighted by Gasteiger charge is -2.10. The fourth-order valence-corrected chi connectivity index (χ4v) is 2.93. The van der Waals surface area contributed by atoms with Crippen molar-refractivity contribution in [1.82, 2.24) is 15.3 Å². The SMILES string of the molecule is O=C(NC(=O)c1c([N+](=O)[O-])cccc1[N+](=O)[O-])Nc1ccc(Oc2ncc(Br)cn2)c(Cl)c1. The minimum Gasteiger partial charge on any atom is -0.423 e. The Morgan fingerprint density at radius 3 is 2.18 bits per heavy atom. The van der Waals surface area contributed by atoms with Crippen LogP contribution in [0.3, 0.4) is 0 Å². The standard InChI is InChI=1S/C18H10BrClN6O7/c19-9-7-21-18(22-8-9)33-14-5-4-10(6-11(14)20)23-17(28)24-16(27)15-12(25(29)30)2-1-3-13(15)26(31)32/h1-8H,(H2,23,24,27,28). The summed E-state index contributed by atoms with van der Waals surface area (Å²) in [6, 6.07) is 5.88. The van der Waals surface area contributed by atoms with Gasteiger partial charge in [0.25, 0.3) is 17.3 Å². The number of carbonyl (C=O) groups excluding carboxylic acids is 2. The number of hydrogen-bond acceptors (Lipinski definition) is 9. The summed E-state index contributed by atoms with van der Waals surface area (Å²) in [6.45, 7) is 0. The number of carbonyl (C=O) groups is 2. The topological polar surface area (TPSA) is 179 Å². The van der Waals surface area contributed by atoms with E-state index in [1.165, 1.54) is 30.6 Å². The molecule has 0 aliphatic rings. The smallest absolute Gasteiger partial charge is 0.326 e. The molecule has 0 unspecified atom stereocenters. The van der Waals surface area contributed by atoms with Crippen molar-refractivity contribution in [2.24, 2.45) is 0 Å². The summed E-state index contributed by atoms with van der Waals surface area (Å²) < 4.78 is 6.08. The summed E-state index contributed by atoms with van der Waals surface area (Å²) in [6.07, 6.45) is 2.93. The molecule has 3 amide bonds. The van der Waals surface area contributed by atoms with Gasteiger partial charge in [-0.25, -0.2) is 14.8 Å². The third kappa shape index (κ3) is 5.75. The summed E-state index contributed by atoms with van der Waals surface area (Å²) in [5.41, 5.74) is -2.38. The van der Waals surface area contributed by atoms with Gasteiger partial charge < -0.3 is 10.1 Å². The van der Waals surface area contributed by atoms with E-state index >= 15 is 0 Å². The third-order valence-electron chi connectivity index (χ3n) is 3.86. The molecule has 1 aromatic heterocycles. The maximum atomic E-state index is 12.4. The Kier molecular flexibility index (Phi) is 7.10. The van der Waals surface area contributed by atoms with E-state index in [1.54, 1.807) is 0 Å². The predicted octanol–water partition coefficient (Wildman–Crippen LogP) is 4.46. The normalized spacial score (nSPS) is 10.2. The van der Waals surface area contributed by atoms with Crippen LogP contribution in [0.5, 0.6) is 11.8 Å². The maximum absolute atomic E-state index is 12.4. The van der Waals surface area contributed by atoms with E-state index in [-0.39, 0.29) is 22.5 Å². The molecule has 33 heavy (non-hydrogen) atoms. The van der Waals surface area contributed by atoms with E-state index in [2.05, 4.69) is 31.2 Å². The Labute approximate surface area is 197 Å². The number of aromatic nitrogens is 2. The minimum absolute atomic E-state index is 0.0233. The third-order valence-corrected chi connectivity index (χ3v) is 4.56. The number of halogens is 2. The number of amides is 3. The average Bonchev–Trinajstić information content (AvgIpc) is 2.76. The van der Waals surface area contributed by atoms with Gasteiger partial charge in [0, 0.05) is 30.2 Å². The highest BCUT2D eigenvalue weighted by Gasteiger charge is 2.31. The van der Waals surface area contributed by atoms with Gasteiger partial charge in [-0.3, -0.25) is 30.3 Å². The van der Waals surface area contributed by atoms with Gasteiger partial charge in [-0.05, 0) is 40.2 Å². The van der Waals surface area contributed by atoms with Gasteiger partial charge in [-0.2, -0.15) is 0 Å². The first-order valence-corrected chi connectivity index (χ1v) is 9.82. The van der Waals surface area contributed by atoms with Crippen molar-refractivity contribution in [2.45, 2.75) is 0 Å². The van der Waals surface area contributed by atoms with Crippen LogP contribution in [0.25, 0.3) is 0 Å². The number of rotatable bonds is 6. The van der Waals surface area contributed by atoms with E-state index in [4.69, 9.17) is 16.3 Å². The second kappa shape index (κ2) is 9.97. The molecule has 0 aliphatic carbocycles. The fourth-order valence-electron chi connectivity index (χ4n) is 2.51. The molecule has 15 heteroatoms. The first-order valence-electron chi connectivity index (χ1n) is 8.64. The molecule has 1 heterocycles. The molecule has 0 atom stereocenters. The van der Waals surface area contributed by atoms with Crippen molar-refractivity contribution in [3.8, 4) is 11.8 Å². The molecule has 0 saturated heterocycles. The molecule has 0 spiro atoms. The predicted molar refractivity (Wildman–Crippen MR) is 117 cm³/mol. The van der Waals surface area contributed by atoms with Crippen LogP contribution in [0.15, 0.2) is 53.3 Å². The van der Waals surface area contributed by atoms with Crippen LogP contribution in [0, 0.1) is 20.2 Å². The summed E-state index contributed by atoms with van der Waals surface area (Å²) >= 11 is 9.32. The lowest BCUT2D eigenvalue weighted by molar-refractivity contribution is -0.394. The molecule has 2 N–H and O–H groups in total. The number of imide groups is 1. The summed E-state index contributed by atoms with van der Waals surface area (Å²) in [7, 11) is 0. The summed E-state index contributed by atoms with van der Waals surface area (Å²) in [5.74, 6) is -1.15. The average molecular weight is 538 g/mol. The second-order valence-corrected chi connectivity index (χ2v) is 7.35. The second-order valence-electron chi connectivity index (χ2n) is 6.02. The quantitative estimate of drug-likeness (QED) is 0.339. The highest BCUT2D eigenvalue weighted by Crippen LogP contribution is 2.31. The minimum atomic E-state index is -1.33. The van der Waals surface area contributed by atoms with Gasteiger partial charge >= 0.3 is 12.0 Å². The number of hydrogen-bond donors (Lipinski definition) is 2. The van der Waals surface area contributed by atoms with E-state index in [0.29, 0.717) is 4.47 Å². The van der Waals surface area contributed by atoms with Gasteiger partial charge in [0.1, 0.15) is 5.75 Å². The lowest BCUT2D eigenvalue weighted by atomic mass is 10.1. The Balaban J connectivity index is 1.73. The highest BCUT2D eigenvalue weighted by molar-refractivity contribution is 9.10. The van der Waals surface area contributed by atoms with E-state index in [0.717, 1.165) is 18.2 Å². The van der Waals surface area contributed by atoms with Gasteiger partial charge in [-0.15, -0.1) is 0 Å². The first kappa shape index (κ1) is 23.5. The molecule has 3 aromatic rings. The van der Waals surface area contributed by atoms with Crippen LogP contribution in [0.2, 0.25) is 5.02 Å². The molecule has 2 aromatic carbocycles. The number of ether oxygens (including phenoxy) is 1. The van der Waals surface area contributed by atoms with Crippen LogP contribution in [0.1, 0.15) is 10.4 Å². The van der Waals surface area contributed by atoms with Crippen molar-refractivity contribution < 1.29 is 24.2 Å². The Morgan fingerprint density at radius 2 is 1.64 bits per heavy atom. The molecule has 3 rings (SSSR count). The molecule has 0 radical (unpaired) electrons. The van der Waals surface area contributed by atoms with Crippen molar-refractivity contribution in [3.63, 3.8) is 0 Å². The van der Waals surface area contributed by atoms with E-state index in [1.807, 2.05) is 5.32 Å². The molecule has 0 aliphatic heterocycles. The number of nitrogens with zero attached hydrogens (tertiary/aromatic N) is 4. The van der Waals surface area contributed by atoms with Crippen molar-refractivity contribution in [2.75, 3.05) is 5.32 Å². The van der Waals surface area contributed by atoms with Crippen molar-refractivity contribution in [3.05, 3.63) is 84.1 Å². The number of nitro benzene ring substituents is 2. The molecule has 168 valence electrons. The van der Waals surface area contributed by atoms with Gasteiger partial charge in [0.05, 0.1) is 19.3 Å². The molecule has 13 nitrogen and oxygen atoms in total. The zero-order valence-corrected chi connectivity index (χ0v) is 18.4. The molecular weight excluding hydrogens is 528 g/mol. The van der Waals surface area contributed by atoms with E-state index < -0.39 is 38.7 Å². The molecule has 0 bridgehead atoms. The maximum Gasteiger partial charge on any atom is 0.326 e. The number of nitro groups is 2. The zero-order chi connectivity index (χ0) is 24.1. The summed E-state index contributed by atoms with van der Waals surface area (Å²) in [4.78, 5) is 52.9. The van der Waals surface area contributed by atoms with Crippen molar-refractivity contribution >= 4 is 56.5 Å².